The first-order valence-corrected chi connectivity index (χ1v) is 8.00. The van der Waals surface area contributed by atoms with Crippen LogP contribution in [-0.4, -0.2) is 65.3 Å². The Morgan fingerprint density at radius 2 is 2.10 bits per heavy atom. The van der Waals surface area contributed by atoms with Gasteiger partial charge in [-0.05, 0) is 32.1 Å². The van der Waals surface area contributed by atoms with E-state index in [9.17, 15) is 9.59 Å². The fraction of sp³-hybridized carbons (Fsp3) is 0.867. The minimum atomic E-state index is -0.851. The number of urea groups is 1. The van der Waals surface area contributed by atoms with E-state index in [2.05, 4.69) is 6.92 Å². The molecule has 0 aromatic rings. The topological polar surface area (TPSA) is 70.1 Å². The molecule has 2 fully saturated rings. The van der Waals surface area contributed by atoms with Crippen molar-refractivity contribution < 1.29 is 19.4 Å². The highest BCUT2D eigenvalue weighted by molar-refractivity contribution is 5.76. The number of aliphatic carboxylic acids is 1. The number of likely N-dealkylation sites (tertiary alicyclic amines) is 1. The molecule has 1 heterocycles. The Bertz CT molecular complexity index is 371. The van der Waals surface area contributed by atoms with Gasteiger partial charge in [-0.15, -0.1) is 0 Å². The third-order valence-electron chi connectivity index (χ3n) is 4.01. The van der Waals surface area contributed by atoms with Crippen molar-refractivity contribution in [3.8, 4) is 0 Å². The normalized spacial score (nSPS) is 22.1. The highest BCUT2D eigenvalue weighted by Crippen LogP contribution is 2.28. The molecule has 0 spiro atoms. The molecule has 2 amide bonds. The average molecular weight is 298 g/mol. The highest BCUT2D eigenvalue weighted by Gasteiger charge is 2.36. The Balaban J connectivity index is 1.88. The van der Waals surface area contributed by atoms with Gasteiger partial charge in [-0.3, -0.25) is 4.79 Å². The number of ether oxygens (including phenoxy) is 1. The van der Waals surface area contributed by atoms with Crippen LogP contribution in [0.3, 0.4) is 0 Å². The zero-order valence-corrected chi connectivity index (χ0v) is 12.8. The molecule has 6 nitrogen and oxygen atoms in total. The molecule has 0 aromatic carbocycles. The lowest BCUT2D eigenvalue weighted by molar-refractivity contribution is -0.137. The summed E-state index contributed by atoms with van der Waals surface area (Å²) in [6.07, 6.45) is 5.08. The smallest absolute Gasteiger partial charge is 0.320 e. The number of carbonyl (C=O) groups is 2. The van der Waals surface area contributed by atoms with Crippen molar-refractivity contribution in [3.63, 3.8) is 0 Å². The number of hydrogen-bond donors (Lipinski definition) is 1. The van der Waals surface area contributed by atoms with Crippen LogP contribution in [0.25, 0.3) is 0 Å². The van der Waals surface area contributed by atoms with Gasteiger partial charge >= 0.3 is 12.0 Å². The summed E-state index contributed by atoms with van der Waals surface area (Å²) in [5, 5.41) is 8.82. The second-order valence-corrected chi connectivity index (χ2v) is 5.93. The van der Waals surface area contributed by atoms with E-state index < -0.39 is 5.97 Å². The van der Waals surface area contributed by atoms with E-state index in [1.807, 2.05) is 4.90 Å². The highest BCUT2D eigenvalue weighted by atomic mass is 16.5. The summed E-state index contributed by atoms with van der Waals surface area (Å²) < 4.78 is 5.76. The van der Waals surface area contributed by atoms with Gasteiger partial charge in [-0.2, -0.15) is 0 Å². The molecule has 1 saturated carbocycles. The molecule has 1 unspecified atom stereocenters. The van der Waals surface area contributed by atoms with Crippen LogP contribution >= 0.6 is 0 Å². The van der Waals surface area contributed by atoms with Gasteiger partial charge in [0.15, 0.2) is 0 Å². The predicted octanol–water partition coefficient (Wildman–Crippen LogP) is 1.94. The van der Waals surface area contributed by atoms with Crippen LogP contribution in [0.15, 0.2) is 0 Å². The summed E-state index contributed by atoms with van der Waals surface area (Å²) in [6.45, 7) is 4.51. The first-order valence-electron chi connectivity index (χ1n) is 8.00. The standard InChI is InChI=1S/C15H26N2O4/c1-2-10-21-13-4-3-8-16(11-13)15(20)17(12-5-6-12)9-7-14(18)19/h12-13H,2-11H2,1H3,(H,18,19). The van der Waals surface area contributed by atoms with E-state index >= 15 is 0 Å². The fourth-order valence-corrected chi connectivity index (χ4v) is 2.75. The second-order valence-electron chi connectivity index (χ2n) is 5.93. The van der Waals surface area contributed by atoms with Crippen LogP contribution in [0.5, 0.6) is 0 Å². The Morgan fingerprint density at radius 1 is 1.33 bits per heavy atom. The van der Waals surface area contributed by atoms with E-state index in [0.29, 0.717) is 13.1 Å². The minimum absolute atomic E-state index is 0.0106. The summed E-state index contributed by atoms with van der Waals surface area (Å²) in [7, 11) is 0. The summed E-state index contributed by atoms with van der Waals surface area (Å²) in [6, 6.07) is 0.234. The van der Waals surface area contributed by atoms with E-state index in [1.54, 1.807) is 4.90 Å². The molecule has 1 N–H and O–H groups in total. The van der Waals surface area contributed by atoms with Gasteiger partial charge in [0.1, 0.15) is 0 Å². The van der Waals surface area contributed by atoms with Gasteiger partial charge in [0.05, 0.1) is 12.5 Å². The molecule has 1 atom stereocenters. The second kappa shape index (κ2) is 7.64. The number of nitrogens with zero attached hydrogens (tertiary/aromatic N) is 2. The summed E-state index contributed by atoms with van der Waals surface area (Å²) in [5.41, 5.74) is 0. The molecule has 0 aromatic heterocycles. The van der Waals surface area contributed by atoms with E-state index in [0.717, 1.165) is 45.3 Å². The SMILES string of the molecule is CCCOC1CCCN(C(=O)N(CCC(=O)O)C2CC2)C1. The molecule has 1 saturated heterocycles. The maximum absolute atomic E-state index is 12.6. The van der Waals surface area contributed by atoms with Crippen molar-refractivity contribution >= 4 is 12.0 Å². The minimum Gasteiger partial charge on any atom is -0.481 e. The van der Waals surface area contributed by atoms with Crippen LogP contribution in [0.1, 0.15) is 45.4 Å². The molecule has 0 radical (unpaired) electrons. The van der Waals surface area contributed by atoms with Gasteiger partial charge in [0, 0.05) is 32.3 Å². The third kappa shape index (κ3) is 4.88. The van der Waals surface area contributed by atoms with Crippen molar-refractivity contribution in [2.45, 2.75) is 57.6 Å². The van der Waals surface area contributed by atoms with Crippen molar-refractivity contribution in [1.29, 1.82) is 0 Å². The number of rotatable bonds is 7. The summed E-state index contributed by atoms with van der Waals surface area (Å²) in [4.78, 5) is 26.9. The fourth-order valence-electron chi connectivity index (χ4n) is 2.75. The van der Waals surface area contributed by atoms with Gasteiger partial charge < -0.3 is 19.6 Å². The molecule has 21 heavy (non-hydrogen) atoms. The Hall–Kier alpha value is -1.30. The van der Waals surface area contributed by atoms with Crippen LogP contribution in [-0.2, 0) is 9.53 Å². The van der Waals surface area contributed by atoms with Gasteiger partial charge in [0.25, 0.3) is 0 Å². The van der Waals surface area contributed by atoms with Crippen LogP contribution < -0.4 is 0 Å². The first-order chi connectivity index (χ1) is 10.1. The molecule has 2 aliphatic rings. The Labute approximate surface area is 126 Å². The molecular formula is C15H26N2O4. The van der Waals surface area contributed by atoms with Crippen LogP contribution in [0.4, 0.5) is 4.79 Å². The summed E-state index contributed by atoms with van der Waals surface area (Å²) >= 11 is 0. The molecular weight excluding hydrogens is 272 g/mol. The van der Waals surface area contributed by atoms with Gasteiger partial charge in [-0.1, -0.05) is 6.92 Å². The quantitative estimate of drug-likeness (QED) is 0.780. The van der Waals surface area contributed by atoms with Crippen LogP contribution in [0.2, 0.25) is 0 Å². The molecule has 120 valence electrons. The van der Waals surface area contributed by atoms with Crippen molar-refractivity contribution in [2.75, 3.05) is 26.2 Å². The molecule has 2 rings (SSSR count). The lowest BCUT2D eigenvalue weighted by atomic mass is 10.1. The molecule has 6 heteroatoms. The van der Waals surface area contributed by atoms with E-state index in [4.69, 9.17) is 9.84 Å². The largest absolute Gasteiger partial charge is 0.481 e. The zero-order valence-electron chi connectivity index (χ0n) is 12.8. The van der Waals surface area contributed by atoms with Gasteiger partial charge in [-0.25, -0.2) is 4.79 Å². The number of hydrogen-bond acceptors (Lipinski definition) is 3. The maximum Gasteiger partial charge on any atom is 0.320 e. The number of carboxylic acids is 1. The van der Waals surface area contributed by atoms with Crippen molar-refractivity contribution in [1.82, 2.24) is 9.80 Å². The summed E-state index contributed by atoms with van der Waals surface area (Å²) in [5.74, 6) is -0.851. The predicted molar refractivity (Wildman–Crippen MR) is 78.2 cm³/mol. The molecule has 1 aliphatic carbocycles. The molecule has 1 aliphatic heterocycles. The maximum atomic E-state index is 12.6. The zero-order chi connectivity index (χ0) is 15.2. The molecule has 0 bridgehead atoms. The number of piperidine rings is 1. The van der Waals surface area contributed by atoms with Crippen LogP contribution in [0, 0.1) is 0 Å². The van der Waals surface area contributed by atoms with Gasteiger partial charge in [0.2, 0.25) is 0 Å². The monoisotopic (exact) mass is 298 g/mol. The number of amides is 2. The number of carbonyl (C=O) groups excluding carboxylic acids is 1. The Morgan fingerprint density at radius 3 is 2.71 bits per heavy atom. The van der Waals surface area contributed by atoms with Crippen molar-refractivity contribution in [3.05, 3.63) is 0 Å². The third-order valence-corrected chi connectivity index (χ3v) is 4.01. The first kappa shape index (κ1) is 16.1. The lowest BCUT2D eigenvalue weighted by Crippen LogP contribution is -2.50. The van der Waals surface area contributed by atoms with E-state index in [-0.39, 0.29) is 24.6 Å². The lowest BCUT2D eigenvalue weighted by Gasteiger charge is -2.36. The average Bonchev–Trinajstić information content (AvgIpc) is 3.30. The Kier molecular flexibility index (Phi) is 5.85. The van der Waals surface area contributed by atoms with Crippen molar-refractivity contribution in [2.24, 2.45) is 0 Å². The van der Waals surface area contributed by atoms with E-state index in [1.165, 1.54) is 0 Å². The number of carboxylic acid groups (broad SMARTS) is 1.